The van der Waals surface area contributed by atoms with Gasteiger partial charge in [0.1, 0.15) is 6.61 Å². The zero-order valence-corrected chi connectivity index (χ0v) is 39.3. The molecule has 0 fully saturated rings. The lowest BCUT2D eigenvalue weighted by molar-refractivity contribution is -0.161. The largest absolute Gasteiger partial charge is 0.462 e. The van der Waals surface area contributed by atoms with Crippen molar-refractivity contribution in [3.05, 3.63) is 48.6 Å². The number of allylic oxidation sites excluding steroid dienone is 8. The maximum absolute atomic E-state index is 12.3. The number of carbonyl (C=O) groups excluding carboxylic acids is 2. The minimum atomic E-state index is -0.768. The predicted octanol–water partition coefficient (Wildman–Crippen LogP) is 16.9. The van der Waals surface area contributed by atoms with E-state index in [0.29, 0.717) is 12.8 Å². The lowest BCUT2D eigenvalue weighted by atomic mass is 10.0. The second kappa shape index (κ2) is 50.2. The van der Waals surface area contributed by atoms with Gasteiger partial charge in [0, 0.05) is 12.8 Å². The van der Waals surface area contributed by atoms with Gasteiger partial charge < -0.3 is 14.6 Å². The molecule has 1 unspecified atom stereocenters. The first-order valence-corrected chi connectivity index (χ1v) is 25.7. The van der Waals surface area contributed by atoms with Crippen molar-refractivity contribution in [1.82, 2.24) is 0 Å². The highest BCUT2D eigenvalue weighted by atomic mass is 16.6. The first kappa shape index (κ1) is 56.9. The lowest BCUT2D eigenvalue weighted by Crippen LogP contribution is -2.28. The average molecular weight is 827 g/mol. The first-order valence-electron chi connectivity index (χ1n) is 25.7. The highest BCUT2D eigenvalue weighted by Gasteiger charge is 2.16. The van der Waals surface area contributed by atoms with Crippen molar-refractivity contribution in [2.24, 2.45) is 0 Å². The number of hydrogen-bond donors (Lipinski definition) is 1. The predicted molar refractivity (Wildman–Crippen MR) is 256 cm³/mol. The summed E-state index contributed by atoms with van der Waals surface area (Å²) in [6, 6.07) is 0. The van der Waals surface area contributed by atoms with Crippen molar-refractivity contribution >= 4 is 11.9 Å². The Hall–Kier alpha value is -2.14. The first-order chi connectivity index (χ1) is 29.1. The lowest BCUT2D eigenvalue weighted by Gasteiger charge is -2.15. The number of aliphatic hydroxyl groups excluding tert-OH is 1. The SMILES string of the molecule is CC/C=C\C/C=C\C/C=C\C/C=C\CCCCCCCCCCCCCCCCCCCCC(=O)OC(CO)COC(=O)CCCCCCCCCCCCCCCC. The van der Waals surface area contributed by atoms with Gasteiger partial charge in [0.2, 0.25) is 0 Å². The van der Waals surface area contributed by atoms with Crippen molar-refractivity contribution in [3.8, 4) is 0 Å². The zero-order chi connectivity index (χ0) is 42.8. The van der Waals surface area contributed by atoms with Crippen LogP contribution >= 0.6 is 0 Å². The van der Waals surface area contributed by atoms with Crippen molar-refractivity contribution in [3.63, 3.8) is 0 Å². The van der Waals surface area contributed by atoms with E-state index in [1.165, 1.54) is 173 Å². The van der Waals surface area contributed by atoms with Gasteiger partial charge >= 0.3 is 11.9 Å². The summed E-state index contributed by atoms with van der Waals surface area (Å²) in [7, 11) is 0. The molecule has 5 heteroatoms. The smallest absolute Gasteiger partial charge is 0.306 e. The third-order valence-electron chi connectivity index (χ3n) is 11.4. The van der Waals surface area contributed by atoms with Gasteiger partial charge in [-0.3, -0.25) is 9.59 Å². The molecule has 0 aliphatic carbocycles. The van der Waals surface area contributed by atoms with Crippen LogP contribution < -0.4 is 0 Å². The summed E-state index contributed by atoms with van der Waals surface area (Å²) >= 11 is 0. The fourth-order valence-corrected chi connectivity index (χ4v) is 7.55. The maximum atomic E-state index is 12.3. The van der Waals surface area contributed by atoms with Crippen LogP contribution in [0.25, 0.3) is 0 Å². The van der Waals surface area contributed by atoms with Crippen LogP contribution in [0.3, 0.4) is 0 Å². The third kappa shape index (κ3) is 48.4. The van der Waals surface area contributed by atoms with Crippen LogP contribution in [-0.4, -0.2) is 36.4 Å². The average Bonchev–Trinajstić information content (AvgIpc) is 3.24. The van der Waals surface area contributed by atoms with Gasteiger partial charge in [0.15, 0.2) is 6.10 Å². The van der Waals surface area contributed by atoms with E-state index < -0.39 is 6.10 Å². The van der Waals surface area contributed by atoms with Crippen molar-refractivity contribution in [2.75, 3.05) is 13.2 Å². The van der Waals surface area contributed by atoms with Gasteiger partial charge in [-0.1, -0.05) is 249 Å². The summed E-state index contributed by atoms with van der Waals surface area (Å²) in [5.74, 6) is -0.577. The van der Waals surface area contributed by atoms with Gasteiger partial charge in [-0.2, -0.15) is 0 Å². The molecule has 1 N–H and O–H groups in total. The molecule has 344 valence electrons. The number of carbonyl (C=O) groups is 2. The van der Waals surface area contributed by atoms with Crippen molar-refractivity contribution < 1.29 is 24.2 Å². The molecule has 0 aliphatic rings. The molecule has 0 amide bonds. The Kier molecular flexibility index (Phi) is 48.4. The molecule has 1 atom stereocenters. The normalized spacial score (nSPS) is 12.5. The van der Waals surface area contributed by atoms with E-state index in [-0.39, 0.29) is 25.2 Å². The van der Waals surface area contributed by atoms with Gasteiger partial charge in [-0.25, -0.2) is 0 Å². The maximum Gasteiger partial charge on any atom is 0.306 e. The molecule has 59 heavy (non-hydrogen) atoms. The fourth-order valence-electron chi connectivity index (χ4n) is 7.55. The topological polar surface area (TPSA) is 72.8 Å². The van der Waals surface area contributed by atoms with E-state index in [9.17, 15) is 14.7 Å². The molecule has 0 bridgehead atoms. The number of hydrogen-bond acceptors (Lipinski definition) is 5. The van der Waals surface area contributed by atoms with Crippen LogP contribution in [0.2, 0.25) is 0 Å². The van der Waals surface area contributed by atoms with E-state index in [2.05, 4.69) is 62.5 Å². The van der Waals surface area contributed by atoms with Crippen LogP contribution in [0.4, 0.5) is 0 Å². The summed E-state index contributed by atoms with van der Waals surface area (Å²) in [5.41, 5.74) is 0. The second-order valence-corrected chi connectivity index (χ2v) is 17.2. The zero-order valence-electron chi connectivity index (χ0n) is 39.3. The Morgan fingerprint density at radius 1 is 0.407 bits per heavy atom. The minimum absolute atomic E-state index is 0.0609. The molecular formula is C54H98O5. The molecule has 0 radical (unpaired) electrons. The summed E-state index contributed by atoms with van der Waals surface area (Å²) in [5, 5.41) is 9.61. The van der Waals surface area contributed by atoms with Crippen LogP contribution in [-0.2, 0) is 19.1 Å². The molecule has 5 nitrogen and oxygen atoms in total. The summed E-state index contributed by atoms with van der Waals surface area (Å²) in [6.45, 7) is 4.05. The molecule has 0 rings (SSSR count). The highest BCUT2D eigenvalue weighted by molar-refractivity contribution is 5.70. The standard InChI is InChI=1S/C54H98O5/c1-3-5-7-9-11-13-15-17-19-20-21-22-23-24-25-26-27-28-29-30-31-32-33-34-35-37-39-41-43-45-47-49-54(57)59-52(50-55)51-58-53(56)48-46-44-42-40-38-36-18-16-14-12-10-8-6-4-2/h5,7,11,13,17,19,21-22,52,55H,3-4,6,8-10,12,14-16,18,20,23-51H2,1-2H3/b7-5-,13-11-,19-17-,22-21-. The summed E-state index contributed by atoms with van der Waals surface area (Å²) in [6.07, 6.45) is 65.0. The number of unbranched alkanes of at least 4 members (excludes halogenated alkanes) is 31. The van der Waals surface area contributed by atoms with Gasteiger partial charge in [-0.05, 0) is 51.4 Å². The highest BCUT2D eigenvalue weighted by Crippen LogP contribution is 2.16. The molecule has 0 saturated carbocycles. The van der Waals surface area contributed by atoms with Crippen LogP contribution in [0, 0.1) is 0 Å². The Morgan fingerprint density at radius 3 is 1.10 bits per heavy atom. The van der Waals surface area contributed by atoms with E-state index in [1.807, 2.05) is 0 Å². The number of esters is 2. The van der Waals surface area contributed by atoms with E-state index in [0.717, 1.165) is 64.2 Å². The minimum Gasteiger partial charge on any atom is -0.462 e. The van der Waals surface area contributed by atoms with E-state index in [4.69, 9.17) is 9.47 Å². The van der Waals surface area contributed by atoms with Crippen molar-refractivity contribution in [1.29, 1.82) is 0 Å². The molecule has 0 aromatic rings. The Bertz CT molecular complexity index is 981. The van der Waals surface area contributed by atoms with Crippen LogP contribution in [0.15, 0.2) is 48.6 Å². The van der Waals surface area contributed by atoms with E-state index >= 15 is 0 Å². The monoisotopic (exact) mass is 827 g/mol. The molecule has 0 aliphatic heterocycles. The fraction of sp³-hybridized carbons (Fsp3) is 0.815. The van der Waals surface area contributed by atoms with Crippen LogP contribution in [0.1, 0.15) is 264 Å². The Balaban J connectivity index is 3.43. The molecule has 0 heterocycles. The number of ether oxygens (including phenoxy) is 2. The molecule has 0 aromatic carbocycles. The van der Waals surface area contributed by atoms with Crippen LogP contribution in [0.5, 0.6) is 0 Å². The molecule has 0 spiro atoms. The van der Waals surface area contributed by atoms with Crippen molar-refractivity contribution in [2.45, 2.75) is 270 Å². The quantitative estimate of drug-likeness (QED) is 0.0376. The van der Waals surface area contributed by atoms with Gasteiger partial charge in [0.05, 0.1) is 6.61 Å². The Labute approximate surface area is 367 Å². The van der Waals surface area contributed by atoms with Gasteiger partial charge in [0.25, 0.3) is 0 Å². The summed E-state index contributed by atoms with van der Waals surface area (Å²) in [4.78, 5) is 24.4. The second-order valence-electron chi connectivity index (χ2n) is 17.2. The van der Waals surface area contributed by atoms with Gasteiger partial charge in [-0.15, -0.1) is 0 Å². The number of aliphatic hydroxyl groups is 1. The molecule has 0 saturated heterocycles. The summed E-state index contributed by atoms with van der Waals surface area (Å²) < 4.78 is 10.7. The van der Waals surface area contributed by atoms with E-state index in [1.54, 1.807) is 0 Å². The Morgan fingerprint density at radius 2 is 0.729 bits per heavy atom. The third-order valence-corrected chi connectivity index (χ3v) is 11.4. The molecule has 0 aromatic heterocycles. The number of rotatable bonds is 47. The molecular weight excluding hydrogens is 729 g/mol.